The van der Waals surface area contributed by atoms with Crippen LogP contribution >= 0.6 is 0 Å². The molecule has 1 N–H and O–H groups in total. The topological polar surface area (TPSA) is 92.8 Å². The van der Waals surface area contributed by atoms with Crippen LogP contribution in [0.1, 0.15) is 13.8 Å². The molecule has 0 saturated carbocycles. The largest absolute Gasteiger partial charge is 0.455 e. The number of amides is 1. The monoisotopic (exact) mass is 360 g/mol. The van der Waals surface area contributed by atoms with Crippen LogP contribution in [0.5, 0.6) is 0 Å². The molecule has 0 radical (unpaired) electrons. The number of hydrogen-bond donors (Lipinski definition) is 1. The molecule has 1 amide bonds. The van der Waals surface area contributed by atoms with E-state index < -0.39 is 40.9 Å². The Morgan fingerprint density at radius 3 is 2.38 bits per heavy atom. The van der Waals surface area contributed by atoms with E-state index in [0.29, 0.717) is 6.54 Å². The highest BCUT2D eigenvalue weighted by Gasteiger charge is 2.23. The standard InChI is InChI=1S/C15H21FN2O5S/c1-11(2)8-17-14(19)10-23-15(20)9-18(3)24(21,22)13-6-4-12(16)5-7-13/h4-7,11H,8-10H2,1-3H3,(H,17,19). The molecular formula is C15H21FN2O5S. The van der Waals surface area contributed by atoms with Gasteiger partial charge in [-0.3, -0.25) is 9.59 Å². The SMILES string of the molecule is CC(C)CNC(=O)COC(=O)CN(C)S(=O)(=O)c1ccc(F)cc1. The fourth-order valence-electron chi connectivity index (χ4n) is 1.61. The molecule has 0 unspecified atom stereocenters. The number of nitrogens with zero attached hydrogens (tertiary/aromatic N) is 1. The van der Waals surface area contributed by atoms with E-state index in [4.69, 9.17) is 4.74 Å². The summed E-state index contributed by atoms with van der Waals surface area (Å²) in [5.41, 5.74) is 0. The number of nitrogens with one attached hydrogen (secondary N) is 1. The summed E-state index contributed by atoms with van der Waals surface area (Å²) >= 11 is 0. The molecule has 9 heteroatoms. The highest BCUT2D eigenvalue weighted by Crippen LogP contribution is 2.14. The van der Waals surface area contributed by atoms with Crippen molar-refractivity contribution in [3.05, 3.63) is 30.1 Å². The number of ether oxygens (including phenoxy) is 1. The van der Waals surface area contributed by atoms with Crippen molar-refractivity contribution in [2.24, 2.45) is 5.92 Å². The smallest absolute Gasteiger partial charge is 0.321 e. The lowest BCUT2D eigenvalue weighted by atomic mass is 10.2. The second-order valence-corrected chi connectivity index (χ2v) is 7.62. The number of carbonyl (C=O) groups is 2. The van der Waals surface area contributed by atoms with Gasteiger partial charge in [-0.1, -0.05) is 13.8 Å². The molecule has 0 aliphatic rings. The van der Waals surface area contributed by atoms with Gasteiger partial charge in [-0.2, -0.15) is 4.31 Å². The Bertz CT molecular complexity index is 674. The van der Waals surface area contributed by atoms with Crippen molar-refractivity contribution in [1.82, 2.24) is 9.62 Å². The fourth-order valence-corrected chi connectivity index (χ4v) is 2.73. The lowest BCUT2D eigenvalue weighted by molar-refractivity contribution is -0.148. The molecule has 0 heterocycles. The van der Waals surface area contributed by atoms with Crippen molar-refractivity contribution in [2.45, 2.75) is 18.7 Å². The fraction of sp³-hybridized carbons (Fsp3) is 0.467. The van der Waals surface area contributed by atoms with Crippen LogP contribution in [0.15, 0.2) is 29.2 Å². The minimum Gasteiger partial charge on any atom is -0.455 e. The van der Waals surface area contributed by atoms with Gasteiger partial charge in [0.1, 0.15) is 12.4 Å². The number of benzene rings is 1. The summed E-state index contributed by atoms with van der Waals surface area (Å²) in [5.74, 6) is -1.62. The maximum Gasteiger partial charge on any atom is 0.321 e. The number of likely N-dealkylation sites (N-methyl/N-ethyl adjacent to an activating group) is 1. The third-order valence-corrected chi connectivity index (χ3v) is 4.76. The maximum absolute atomic E-state index is 12.9. The molecule has 134 valence electrons. The molecule has 1 aromatic rings. The lowest BCUT2D eigenvalue weighted by Gasteiger charge is -2.16. The van der Waals surface area contributed by atoms with E-state index in [1.54, 1.807) is 0 Å². The van der Waals surface area contributed by atoms with Gasteiger partial charge in [-0.25, -0.2) is 12.8 Å². The zero-order valence-corrected chi connectivity index (χ0v) is 14.6. The normalized spacial score (nSPS) is 11.6. The quantitative estimate of drug-likeness (QED) is 0.691. The number of carbonyl (C=O) groups excluding carboxylic acids is 2. The zero-order valence-electron chi connectivity index (χ0n) is 13.8. The van der Waals surface area contributed by atoms with E-state index in [2.05, 4.69) is 5.32 Å². The first-order chi connectivity index (χ1) is 11.1. The zero-order chi connectivity index (χ0) is 18.3. The molecule has 0 aromatic heterocycles. The molecule has 7 nitrogen and oxygen atoms in total. The van der Waals surface area contributed by atoms with Crippen LogP contribution in [-0.4, -0.2) is 51.3 Å². The molecule has 24 heavy (non-hydrogen) atoms. The number of rotatable bonds is 8. The van der Waals surface area contributed by atoms with Gasteiger partial charge in [0, 0.05) is 13.6 Å². The van der Waals surface area contributed by atoms with Crippen molar-refractivity contribution in [3.63, 3.8) is 0 Å². The predicted molar refractivity (Wildman–Crippen MR) is 85.0 cm³/mol. The van der Waals surface area contributed by atoms with E-state index in [1.165, 1.54) is 7.05 Å². The maximum atomic E-state index is 12.9. The average molecular weight is 360 g/mol. The van der Waals surface area contributed by atoms with Crippen LogP contribution in [0.2, 0.25) is 0 Å². The Morgan fingerprint density at radius 2 is 1.83 bits per heavy atom. The molecule has 1 aromatic carbocycles. The summed E-state index contributed by atoms with van der Waals surface area (Å²) in [7, 11) is -2.75. The van der Waals surface area contributed by atoms with Crippen molar-refractivity contribution >= 4 is 21.9 Å². The van der Waals surface area contributed by atoms with Crippen molar-refractivity contribution < 1.29 is 27.1 Å². The van der Waals surface area contributed by atoms with E-state index in [1.807, 2.05) is 13.8 Å². The Hall–Kier alpha value is -2.00. The Kier molecular flexibility index (Phi) is 7.30. The van der Waals surface area contributed by atoms with Gasteiger partial charge in [-0.15, -0.1) is 0 Å². The van der Waals surface area contributed by atoms with Gasteiger partial charge in [0.25, 0.3) is 5.91 Å². The molecule has 0 atom stereocenters. The number of esters is 1. The third-order valence-electron chi connectivity index (χ3n) is 2.95. The van der Waals surface area contributed by atoms with Gasteiger partial charge in [-0.05, 0) is 30.2 Å². The Labute approximate surface area is 140 Å². The minimum atomic E-state index is -3.95. The average Bonchev–Trinajstić information content (AvgIpc) is 2.51. The summed E-state index contributed by atoms with van der Waals surface area (Å²) in [6, 6.07) is 4.23. The van der Waals surface area contributed by atoms with Crippen LogP contribution in [0.3, 0.4) is 0 Å². The van der Waals surface area contributed by atoms with Crippen LogP contribution in [0.25, 0.3) is 0 Å². The van der Waals surface area contributed by atoms with Crippen LogP contribution in [0.4, 0.5) is 4.39 Å². The summed E-state index contributed by atoms with van der Waals surface area (Å²) in [6.45, 7) is 3.26. The predicted octanol–water partition coefficient (Wildman–Crippen LogP) is 0.762. The molecule has 0 fully saturated rings. The highest BCUT2D eigenvalue weighted by atomic mass is 32.2. The lowest BCUT2D eigenvalue weighted by Crippen LogP contribution is -2.36. The summed E-state index contributed by atoms with van der Waals surface area (Å²) in [6.07, 6.45) is 0. The van der Waals surface area contributed by atoms with Gasteiger partial charge < -0.3 is 10.1 Å². The van der Waals surface area contributed by atoms with Crippen LogP contribution in [-0.2, 0) is 24.3 Å². The number of halogens is 1. The molecule has 0 aliphatic heterocycles. The molecule has 0 aliphatic carbocycles. The first kappa shape index (κ1) is 20.0. The van der Waals surface area contributed by atoms with Gasteiger partial charge >= 0.3 is 5.97 Å². The van der Waals surface area contributed by atoms with Gasteiger partial charge in [0.15, 0.2) is 6.61 Å². The first-order valence-corrected chi connectivity index (χ1v) is 8.71. The molecule has 1 rings (SSSR count). The minimum absolute atomic E-state index is 0.145. The van der Waals surface area contributed by atoms with Gasteiger partial charge in [0.05, 0.1) is 4.90 Å². The molecule has 0 bridgehead atoms. The van der Waals surface area contributed by atoms with E-state index in [0.717, 1.165) is 28.6 Å². The summed E-state index contributed by atoms with van der Waals surface area (Å²) < 4.78 is 42.8. The number of sulfonamides is 1. The Morgan fingerprint density at radius 1 is 1.25 bits per heavy atom. The molecule has 0 spiro atoms. The van der Waals surface area contributed by atoms with E-state index >= 15 is 0 Å². The van der Waals surface area contributed by atoms with Crippen LogP contribution in [0, 0.1) is 11.7 Å². The van der Waals surface area contributed by atoms with E-state index in [-0.39, 0.29) is 10.8 Å². The summed E-state index contributed by atoms with van der Waals surface area (Å²) in [5, 5.41) is 2.57. The summed E-state index contributed by atoms with van der Waals surface area (Å²) in [4.78, 5) is 22.9. The van der Waals surface area contributed by atoms with Crippen LogP contribution < -0.4 is 5.32 Å². The van der Waals surface area contributed by atoms with E-state index in [9.17, 15) is 22.4 Å². The third kappa shape index (κ3) is 6.25. The molecule has 0 saturated heterocycles. The number of hydrogen-bond acceptors (Lipinski definition) is 5. The highest BCUT2D eigenvalue weighted by molar-refractivity contribution is 7.89. The van der Waals surface area contributed by atoms with Crippen molar-refractivity contribution in [2.75, 3.05) is 26.7 Å². The van der Waals surface area contributed by atoms with Gasteiger partial charge in [0.2, 0.25) is 10.0 Å². The second kappa shape index (κ2) is 8.74. The second-order valence-electron chi connectivity index (χ2n) is 5.57. The van der Waals surface area contributed by atoms with Crippen molar-refractivity contribution in [1.29, 1.82) is 0 Å². The van der Waals surface area contributed by atoms with Crippen molar-refractivity contribution in [3.8, 4) is 0 Å². The molecular weight excluding hydrogens is 339 g/mol. The first-order valence-electron chi connectivity index (χ1n) is 7.27. The Balaban J connectivity index is 2.54.